The van der Waals surface area contributed by atoms with E-state index in [1.165, 1.54) is 12.7 Å². The molecule has 4 aliphatic rings. The molecule has 8 nitrogen and oxygen atoms in total. The molecule has 0 saturated heterocycles. The van der Waals surface area contributed by atoms with Gasteiger partial charge in [0, 0.05) is 12.4 Å². The predicted octanol–water partition coefficient (Wildman–Crippen LogP) is 2.43. The van der Waals surface area contributed by atoms with Crippen molar-refractivity contribution in [3.8, 4) is 0 Å². The van der Waals surface area contributed by atoms with Crippen LogP contribution >= 0.6 is 0 Å². The monoisotopic (exact) mass is 378 g/mol. The highest BCUT2D eigenvalue weighted by molar-refractivity contribution is 5.98. The second-order valence-corrected chi connectivity index (χ2v) is 8.62. The summed E-state index contributed by atoms with van der Waals surface area (Å²) < 4.78 is 0. The van der Waals surface area contributed by atoms with Crippen LogP contribution in [0.3, 0.4) is 0 Å². The van der Waals surface area contributed by atoms with E-state index in [9.17, 15) is 9.59 Å². The number of amides is 2. The summed E-state index contributed by atoms with van der Waals surface area (Å²) in [6, 6.07) is 3.38. The van der Waals surface area contributed by atoms with Crippen LogP contribution in [0.2, 0.25) is 0 Å². The molecule has 2 aromatic rings. The Kier molecular flexibility index (Phi) is 3.89. The van der Waals surface area contributed by atoms with Crippen molar-refractivity contribution in [3.05, 3.63) is 37.2 Å². The van der Waals surface area contributed by atoms with E-state index in [0.29, 0.717) is 29.9 Å². The molecular weight excluding hydrogens is 356 g/mol. The minimum absolute atomic E-state index is 0.0143. The highest BCUT2D eigenvalue weighted by Gasteiger charge is 2.63. The lowest BCUT2D eigenvalue weighted by molar-refractivity contribution is -0.161. The van der Waals surface area contributed by atoms with Crippen molar-refractivity contribution in [2.45, 2.75) is 38.5 Å². The van der Waals surface area contributed by atoms with E-state index in [2.05, 4.69) is 30.6 Å². The summed E-state index contributed by atoms with van der Waals surface area (Å²) in [7, 11) is 0. The van der Waals surface area contributed by atoms with Crippen LogP contribution < -0.4 is 10.6 Å². The average molecular weight is 378 g/mol. The van der Waals surface area contributed by atoms with Crippen LogP contribution in [-0.4, -0.2) is 31.8 Å². The largest absolute Gasteiger partial charge is 0.310 e. The topological polar surface area (TPSA) is 110 Å². The SMILES string of the molecule is O=C(Nc1ccncn1)C12CC3CC(C1)CC(C(=O)Nc1ccncn1)(C3)C2. The molecule has 2 N–H and O–H groups in total. The summed E-state index contributed by atoms with van der Waals surface area (Å²) in [6.07, 6.45) is 11.2. The molecule has 144 valence electrons. The van der Waals surface area contributed by atoms with Gasteiger partial charge in [-0.1, -0.05) is 0 Å². The number of carbonyl (C=O) groups is 2. The summed E-state index contributed by atoms with van der Waals surface area (Å²) in [6.45, 7) is 0. The molecule has 0 unspecified atom stereocenters. The molecule has 2 aromatic heterocycles. The number of aromatic nitrogens is 4. The van der Waals surface area contributed by atoms with Crippen LogP contribution in [0.4, 0.5) is 11.6 Å². The Morgan fingerprint density at radius 3 is 1.68 bits per heavy atom. The number of carbonyl (C=O) groups excluding carboxylic acids is 2. The van der Waals surface area contributed by atoms with Crippen LogP contribution in [-0.2, 0) is 9.59 Å². The van der Waals surface area contributed by atoms with Gasteiger partial charge in [0.05, 0.1) is 10.8 Å². The molecule has 4 aliphatic carbocycles. The zero-order chi connectivity index (χ0) is 19.2. The Bertz CT molecular complexity index is 818. The third-order valence-corrected chi connectivity index (χ3v) is 6.67. The molecule has 0 atom stereocenters. The van der Waals surface area contributed by atoms with Crippen molar-refractivity contribution < 1.29 is 9.59 Å². The molecule has 4 bridgehead atoms. The maximum absolute atomic E-state index is 13.3. The Balaban J connectivity index is 1.41. The molecule has 6 rings (SSSR count). The Hall–Kier alpha value is -2.90. The first-order chi connectivity index (χ1) is 13.6. The molecule has 0 aliphatic heterocycles. The summed E-state index contributed by atoms with van der Waals surface area (Å²) in [4.78, 5) is 42.6. The van der Waals surface area contributed by atoms with Gasteiger partial charge in [0.1, 0.15) is 24.3 Å². The van der Waals surface area contributed by atoms with Gasteiger partial charge < -0.3 is 10.6 Å². The molecule has 2 heterocycles. The third-order valence-electron chi connectivity index (χ3n) is 6.67. The van der Waals surface area contributed by atoms with Gasteiger partial charge in [-0.15, -0.1) is 0 Å². The number of nitrogens with zero attached hydrogens (tertiary/aromatic N) is 4. The lowest BCUT2D eigenvalue weighted by atomic mass is 9.43. The fraction of sp³-hybridized carbons (Fsp3) is 0.500. The van der Waals surface area contributed by atoms with Gasteiger partial charge in [0.25, 0.3) is 0 Å². The maximum atomic E-state index is 13.3. The lowest BCUT2D eigenvalue weighted by Crippen LogP contribution is -2.59. The van der Waals surface area contributed by atoms with Crippen LogP contribution in [0.5, 0.6) is 0 Å². The smallest absolute Gasteiger partial charge is 0.231 e. The zero-order valence-electron chi connectivity index (χ0n) is 15.5. The van der Waals surface area contributed by atoms with E-state index in [4.69, 9.17) is 0 Å². The molecular formula is C20H22N6O2. The first kappa shape index (κ1) is 17.2. The van der Waals surface area contributed by atoms with Gasteiger partial charge in [-0.25, -0.2) is 19.9 Å². The summed E-state index contributed by atoms with van der Waals surface area (Å²) in [5.74, 6) is 1.81. The molecule has 0 spiro atoms. The van der Waals surface area contributed by atoms with Crippen molar-refractivity contribution in [3.63, 3.8) is 0 Å². The van der Waals surface area contributed by atoms with Gasteiger partial charge in [-0.05, 0) is 62.5 Å². The third kappa shape index (κ3) is 2.83. The van der Waals surface area contributed by atoms with E-state index in [0.717, 1.165) is 32.1 Å². The quantitative estimate of drug-likeness (QED) is 0.845. The van der Waals surface area contributed by atoms with Crippen LogP contribution in [0.1, 0.15) is 38.5 Å². The van der Waals surface area contributed by atoms with E-state index in [1.54, 1.807) is 24.5 Å². The van der Waals surface area contributed by atoms with Gasteiger partial charge in [0.15, 0.2) is 0 Å². The molecule has 4 saturated carbocycles. The average Bonchev–Trinajstić information content (AvgIpc) is 2.68. The highest BCUT2D eigenvalue weighted by atomic mass is 16.2. The molecule has 8 heteroatoms. The van der Waals surface area contributed by atoms with Crippen molar-refractivity contribution in [2.75, 3.05) is 10.6 Å². The standard InChI is InChI=1S/C20H22N6O2/c27-17(25-15-1-3-21-11-23-15)19-6-13-5-14(7-19)9-20(8-13,10-19)18(28)26-16-2-4-22-12-24-16/h1-4,11-14H,5-10H2,(H,21,23,25,27)(H,22,24,26,28). The Morgan fingerprint density at radius 1 is 0.821 bits per heavy atom. The van der Waals surface area contributed by atoms with E-state index in [-0.39, 0.29) is 11.8 Å². The number of hydrogen-bond acceptors (Lipinski definition) is 6. The Labute approximate surface area is 162 Å². The summed E-state index contributed by atoms with van der Waals surface area (Å²) in [5, 5.41) is 5.92. The number of rotatable bonds is 4. The minimum atomic E-state index is -0.502. The fourth-order valence-corrected chi connectivity index (χ4v) is 6.02. The van der Waals surface area contributed by atoms with Gasteiger partial charge in [-0.2, -0.15) is 0 Å². The Morgan fingerprint density at radius 2 is 1.29 bits per heavy atom. The van der Waals surface area contributed by atoms with Crippen LogP contribution in [0, 0.1) is 22.7 Å². The van der Waals surface area contributed by atoms with Gasteiger partial charge in [0.2, 0.25) is 11.8 Å². The fourth-order valence-electron chi connectivity index (χ4n) is 6.02. The number of hydrogen-bond donors (Lipinski definition) is 2. The number of nitrogens with one attached hydrogen (secondary N) is 2. The van der Waals surface area contributed by atoms with Gasteiger partial charge >= 0.3 is 0 Å². The first-order valence-corrected chi connectivity index (χ1v) is 9.72. The van der Waals surface area contributed by atoms with E-state index in [1.807, 2.05) is 0 Å². The minimum Gasteiger partial charge on any atom is -0.310 e. The van der Waals surface area contributed by atoms with Gasteiger partial charge in [-0.3, -0.25) is 9.59 Å². The van der Waals surface area contributed by atoms with Crippen molar-refractivity contribution in [2.24, 2.45) is 22.7 Å². The van der Waals surface area contributed by atoms with Crippen LogP contribution in [0.15, 0.2) is 37.2 Å². The van der Waals surface area contributed by atoms with E-state index < -0.39 is 10.8 Å². The predicted molar refractivity (Wildman–Crippen MR) is 101 cm³/mol. The molecule has 4 fully saturated rings. The van der Waals surface area contributed by atoms with Crippen molar-refractivity contribution in [1.29, 1.82) is 0 Å². The van der Waals surface area contributed by atoms with Crippen molar-refractivity contribution in [1.82, 2.24) is 19.9 Å². The molecule has 0 radical (unpaired) electrons. The summed E-state index contributed by atoms with van der Waals surface area (Å²) in [5.41, 5.74) is -1.00. The lowest BCUT2D eigenvalue weighted by Gasteiger charge is -2.60. The van der Waals surface area contributed by atoms with Crippen molar-refractivity contribution >= 4 is 23.5 Å². The highest BCUT2D eigenvalue weighted by Crippen LogP contribution is 2.65. The van der Waals surface area contributed by atoms with E-state index >= 15 is 0 Å². The summed E-state index contributed by atoms with van der Waals surface area (Å²) >= 11 is 0. The second-order valence-electron chi connectivity index (χ2n) is 8.62. The second kappa shape index (κ2) is 6.32. The number of anilines is 2. The normalized spacial score (nSPS) is 32.7. The maximum Gasteiger partial charge on any atom is 0.231 e. The zero-order valence-corrected chi connectivity index (χ0v) is 15.5. The first-order valence-electron chi connectivity index (χ1n) is 9.72. The molecule has 0 aromatic carbocycles. The molecule has 28 heavy (non-hydrogen) atoms. The van der Waals surface area contributed by atoms with Crippen LogP contribution in [0.25, 0.3) is 0 Å². The molecule has 2 amide bonds.